The highest BCUT2D eigenvalue weighted by Crippen LogP contribution is 2.33. The van der Waals surface area contributed by atoms with Crippen LogP contribution in [0.2, 0.25) is 0 Å². The van der Waals surface area contributed by atoms with Gasteiger partial charge in [0.1, 0.15) is 5.75 Å². The van der Waals surface area contributed by atoms with Gasteiger partial charge in [-0.2, -0.15) is 0 Å². The van der Waals surface area contributed by atoms with E-state index in [0.717, 1.165) is 33.0 Å². The van der Waals surface area contributed by atoms with Crippen molar-refractivity contribution in [2.75, 3.05) is 19.9 Å². The first-order chi connectivity index (χ1) is 14.0. The summed E-state index contributed by atoms with van der Waals surface area (Å²) >= 11 is 5.75. The van der Waals surface area contributed by atoms with Crippen molar-refractivity contribution < 1.29 is 14.6 Å². The smallest absolute Gasteiger partial charge is 0.341 e. The minimum Gasteiger partial charge on any atom is -0.481 e. The summed E-state index contributed by atoms with van der Waals surface area (Å²) in [4.78, 5) is 12.9. The number of nitrogens with one attached hydrogen (secondary N) is 1. The van der Waals surface area contributed by atoms with Gasteiger partial charge in [-0.3, -0.25) is 0 Å². The first kappa shape index (κ1) is 22.9. The van der Waals surface area contributed by atoms with Crippen LogP contribution in [0.4, 0.5) is 0 Å². The van der Waals surface area contributed by atoms with Crippen molar-refractivity contribution in [1.82, 2.24) is 5.32 Å². The van der Waals surface area contributed by atoms with Crippen molar-refractivity contribution in [3.63, 3.8) is 0 Å². The molecule has 0 unspecified atom stereocenters. The number of carboxylic acid groups (broad SMARTS) is 1. The summed E-state index contributed by atoms with van der Waals surface area (Å²) < 4.78 is 5.43. The fraction of sp³-hybridized carbons (Fsp3) is 0.174. The van der Waals surface area contributed by atoms with E-state index in [4.69, 9.17) is 9.84 Å². The third kappa shape index (κ3) is 7.85. The average Bonchev–Trinajstić information content (AvgIpc) is 2.74. The van der Waals surface area contributed by atoms with E-state index in [2.05, 4.69) is 24.0 Å². The van der Waals surface area contributed by atoms with Gasteiger partial charge in [0.25, 0.3) is 0 Å². The summed E-state index contributed by atoms with van der Waals surface area (Å²) in [5.74, 6) is -0.399. The number of benzene rings is 3. The van der Waals surface area contributed by atoms with E-state index >= 15 is 0 Å². The summed E-state index contributed by atoms with van der Waals surface area (Å²) in [5.41, 5.74) is 3.05. The topological polar surface area (TPSA) is 58.6 Å². The molecule has 4 nitrogen and oxygen atoms in total. The maximum atomic E-state index is 10.8. The van der Waals surface area contributed by atoms with Gasteiger partial charge < -0.3 is 15.2 Å². The molecule has 0 radical (unpaired) electrons. The second-order valence-electron chi connectivity index (χ2n) is 6.11. The molecule has 0 aliphatic rings. The van der Waals surface area contributed by atoms with Gasteiger partial charge in [-0.05, 0) is 60.8 Å². The molecule has 29 heavy (non-hydrogen) atoms. The molecule has 0 aliphatic heterocycles. The Hall–Kier alpha value is -2.41. The molecular weight excluding hydrogens is 402 g/mol. The number of rotatable bonds is 7. The number of carbonyl (C=O) groups is 1. The average molecular weight is 428 g/mol. The van der Waals surface area contributed by atoms with Crippen molar-refractivity contribution in [2.45, 2.75) is 16.3 Å². The lowest BCUT2D eigenvalue weighted by molar-refractivity contribution is -0.139. The third-order valence-corrected chi connectivity index (χ3v) is 4.94. The second kappa shape index (κ2) is 12.2. The molecule has 0 fully saturated rings. The van der Waals surface area contributed by atoms with Gasteiger partial charge >= 0.3 is 5.97 Å². The van der Waals surface area contributed by atoms with Gasteiger partial charge in [0.2, 0.25) is 0 Å². The Morgan fingerprint density at radius 1 is 1.07 bits per heavy atom. The van der Waals surface area contributed by atoms with Crippen LogP contribution in [0.3, 0.4) is 0 Å². The minimum atomic E-state index is -0.983. The number of hydrogen-bond donors (Lipinski definition) is 3. The molecule has 0 spiro atoms. The number of aliphatic carboxylic acids is 1. The van der Waals surface area contributed by atoms with E-state index in [-0.39, 0.29) is 6.61 Å². The number of thioether (sulfide) groups is 1. The molecule has 0 atom stereocenters. The summed E-state index contributed by atoms with van der Waals surface area (Å²) in [6, 6.07) is 23.7. The fourth-order valence-corrected chi connectivity index (χ4v) is 3.23. The van der Waals surface area contributed by atoms with Crippen LogP contribution >= 0.6 is 24.4 Å². The molecule has 3 aromatic carbocycles. The second-order valence-corrected chi connectivity index (χ2v) is 7.51. The molecule has 0 saturated carbocycles. The molecule has 0 aliphatic carbocycles. The van der Waals surface area contributed by atoms with E-state index < -0.39 is 5.97 Å². The molecule has 3 rings (SSSR count). The Morgan fingerprint density at radius 3 is 2.41 bits per heavy atom. The van der Waals surface area contributed by atoms with Crippen LogP contribution in [0.25, 0.3) is 11.1 Å². The first-order valence-corrected chi connectivity index (χ1v) is 10.7. The van der Waals surface area contributed by atoms with Crippen molar-refractivity contribution >= 4 is 30.4 Å². The lowest BCUT2D eigenvalue weighted by Crippen LogP contribution is -2.10. The van der Waals surface area contributed by atoms with Crippen LogP contribution in [0.5, 0.6) is 5.75 Å². The minimum absolute atomic E-state index is 0.347. The lowest BCUT2D eigenvalue weighted by atomic mass is 10.0. The standard InChI is InChI=1S/C17H19NO3S.C6H6S/c1-18-10-12-6-7-16(21-11-17(19)20)15(8-12)13-4-3-5-14(9-13)22-2;7-6-4-2-1-3-5-6/h3-9,18H,10-11H2,1-2H3,(H,19,20);1-5,7H. The van der Waals surface area contributed by atoms with Crippen LogP contribution in [0.1, 0.15) is 5.56 Å². The zero-order valence-corrected chi connectivity index (χ0v) is 18.2. The molecule has 2 N–H and O–H groups in total. The Balaban J connectivity index is 0.000000360. The van der Waals surface area contributed by atoms with Gasteiger partial charge in [0, 0.05) is 21.9 Å². The Bertz CT molecular complexity index is 917. The largest absolute Gasteiger partial charge is 0.481 e. The SMILES string of the molecule is CNCc1ccc(OCC(=O)O)c(-c2cccc(SC)c2)c1.Sc1ccccc1. The van der Waals surface area contributed by atoms with E-state index in [1.165, 1.54) is 0 Å². The zero-order chi connectivity index (χ0) is 21.1. The molecule has 3 aromatic rings. The highest BCUT2D eigenvalue weighted by Gasteiger charge is 2.10. The van der Waals surface area contributed by atoms with Crippen LogP contribution in [-0.2, 0) is 11.3 Å². The van der Waals surface area contributed by atoms with Gasteiger partial charge in [0.05, 0.1) is 0 Å². The van der Waals surface area contributed by atoms with Crippen LogP contribution in [0, 0.1) is 0 Å². The number of carboxylic acids is 1. The van der Waals surface area contributed by atoms with Gasteiger partial charge in [-0.25, -0.2) is 4.79 Å². The monoisotopic (exact) mass is 427 g/mol. The Kier molecular flexibility index (Phi) is 9.64. The normalized spacial score (nSPS) is 10.0. The van der Waals surface area contributed by atoms with Crippen molar-refractivity contribution in [1.29, 1.82) is 0 Å². The van der Waals surface area contributed by atoms with Crippen molar-refractivity contribution in [3.05, 3.63) is 78.4 Å². The summed E-state index contributed by atoms with van der Waals surface area (Å²) in [5, 5.41) is 11.9. The lowest BCUT2D eigenvalue weighted by Gasteiger charge is -2.13. The van der Waals surface area contributed by atoms with E-state index in [1.54, 1.807) is 11.8 Å². The quantitative estimate of drug-likeness (QED) is 0.356. The number of thiol groups is 1. The van der Waals surface area contributed by atoms with Crippen LogP contribution in [0.15, 0.2) is 82.6 Å². The molecule has 0 saturated heterocycles. The highest BCUT2D eigenvalue weighted by atomic mass is 32.2. The highest BCUT2D eigenvalue weighted by molar-refractivity contribution is 7.98. The predicted molar refractivity (Wildman–Crippen MR) is 123 cm³/mol. The van der Waals surface area contributed by atoms with Gasteiger partial charge in [0.15, 0.2) is 6.61 Å². The maximum Gasteiger partial charge on any atom is 0.341 e. The van der Waals surface area contributed by atoms with E-state index in [0.29, 0.717) is 5.75 Å². The Labute approximate surface area is 181 Å². The summed E-state index contributed by atoms with van der Waals surface area (Å²) in [7, 11) is 1.89. The van der Waals surface area contributed by atoms with E-state index in [1.807, 2.05) is 80.0 Å². The first-order valence-electron chi connectivity index (χ1n) is 9.04. The molecule has 152 valence electrons. The van der Waals surface area contributed by atoms with Gasteiger partial charge in [-0.1, -0.05) is 36.4 Å². The Morgan fingerprint density at radius 2 is 1.83 bits per heavy atom. The molecule has 0 bridgehead atoms. The predicted octanol–water partition coefficient (Wildman–Crippen LogP) is 5.23. The van der Waals surface area contributed by atoms with E-state index in [9.17, 15) is 4.79 Å². The molecule has 0 aromatic heterocycles. The fourth-order valence-electron chi connectivity index (χ4n) is 2.60. The van der Waals surface area contributed by atoms with Crippen molar-refractivity contribution in [3.8, 4) is 16.9 Å². The summed E-state index contributed by atoms with van der Waals surface area (Å²) in [6.07, 6.45) is 2.03. The van der Waals surface area contributed by atoms with Gasteiger partial charge in [-0.15, -0.1) is 24.4 Å². The number of hydrogen-bond acceptors (Lipinski definition) is 5. The summed E-state index contributed by atoms with van der Waals surface area (Å²) in [6.45, 7) is 0.398. The molecule has 0 heterocycles. The number of ether oxygens (including phenoxy) is 1. The maximum absolute atomic E-state index is 10.8. The van der Waals surface area contributed by atoms with Crippen molar-refractivity contribution in [2.24, 2.45) is 0 Å². The molecular formula is C23H25NO3S2. The molecule has 0 amide bonds. The van der Waals surface area contributed by atoms with Crippen LogP contribution < -0.4 is 10.1 Å². The molecule has 6 heteroatoms. The zero-order valence-electron chi connectivity index (χ0n) is 16.5. The van der Waals surface area contributed by atoms with Crippen LogP contribution in [-0.4, -0.2) is 31.0 Å². The third-order valence-electron chi connectivity index (χ3n) is 3.91.